The van der Waals surface area contributed by atoms with Crippen LogP contribution in [0.15, 0.2) is 64.1 Å². The van der Waals surface area contributed by atoms with Gasteiger partial charge in [-0.05, 0) is 23.1 Å². The summed E-state index contributed by atoms with van der Waals surface area (Å²) in [5.74, 6) is 1.67. The fraction of sp³-hybridized carbons (Fsp3) is 0.360. The lowest BCUT2D eigenvalue weighted by Crippen LogP contribution is -2.36. The maximum atomic E-state index is 5.94. The van der Waals surface area contributed by atoms with Gasteiger partial charge in [0, 0.05) is 32.1 Å². The minimum absolute atomic E-state index is 0.569. The van der Waals surface area contributed by atoms with Crippen molar-refractivity contribution in [3.05, 3.63) is 88.3 Å². The number of aromatic nitrogens is 1. The highest BCUT2D eigenvalue weighted by Crippen LogP contribution is 2.15. The summed E-state index contributed by atoms with van der Waals surface area (Å²) in [6.45, 7) is 6.63. The van der Waals surface area contributed by atoms with Crippen molar-refractivity contribution < 1.29 is 9.26 Å². The molecule has 1 aromatic heterocycles. The molecule has 0 atom stereocenters. The SMILES string of the molecule is CCc1noc(CC)c1CNC(=NC)NCc1ccccc1COCc1ccccc1. The van der Waals surface area contributed by atoms with Gasteiger partial charge < -0.3 is 19.9 Å². The van der Waals surface area contributed by atoms with Crippen LogP contribution in [0.1, 0.15) is 47.6 Å². The molecule has 0 bridgehead atoms. The first-order chi connectivity index (χ1) is 15.2. The van der Waals surface area contributed by atoms with Crippen LogP contribution in [0.2, 0.25) is 0 Å². The van der Waals surface area contributed by atoms with Crippen molar-refractivity contribution in [1.82, 2.24) is 15.8 Å². The van der Waals surface area contributed by atoms with Gasteiger partial charge in [-0.3, -0.25) is 4.99 Å². The Hall–Kier alpha value is -3.12. The smallest absolute Gasteiger partial charge is 0.191 e. The maximum Gasteiger partial charge on any atom is 0.191 e. The van der Waals surface area contributed by atoms with Crippen LogP contribution in [0, 0.1) is 0 Å². The average molecular weight is 421 g/mol. The molecule has 164 valence electrons. The number of benzene rings is 2. The highest BCUT2D eigenvalue weighted by atomic mass is 16.5. The molecule has 1 heterocycles. The fourth-order valence-corrected chi connectivity index (χ4v) is 3.43. The predicted molar refractivity (Wildman–Crippen MR) is 124 cm³/mol. The molecule has 0 fully saturated rings. The number of rotatable bonds is 10. The third-order valence-corrected chi connectivity index (χ3v) is 5.20. The van der Waals surface area contributed by atoms with Gasteiger partial charge in [-0.25, -0.2) is 0 Å². The first kappa shape index (κ1) is 22.6. The zero-order valence-electron chi connectivity index (χ0n) is 18.6. The number of nitrogens with zero attached hydrogens (tertiary/aromatic N) is 2. The van der Waals surface area contributed by atoms with Gasteiger partial charge in [0.2, 0.25) is 0 Å². The molecule has 31 heavy (non-hydrogen) atoms. The molecule has 2 aromatic carbocycles. The monoisotopic (exact) mass is 420 g/mol. The molecule has 0 saturated carbocycles. The summed E-state index contributed by atoms with van der Waals surface area (Å²) in [7, 11) is 1.78. The molecule has 0 amide bonds. The quantitative estimate of drug-likeness (QED) is 0.376. The van der Waals surface area contributed by atoms with Crippen LogP contribution in [0.4, 0.5) is 0 Å². The lowest BCUT2D eigenvalue weighted by molar-refractivity contribution is 0.106. The van der Waals surface area contributed by atoms with E-state index in [1.165, 1.54) is 16.7 Å². The number of aliphatic imine (C=N–C) groups is 1. The van der Waals surface area contributed by atoms with Crippen LogP contribution in [-0.2, 0) is 43.9 Å². The number of nitrogens with one attached hydrogen (secondary N) is 2. The fourth-order valence-electron chi connectivity index (χ4n) is 3.43. The van der Waals surface area contributed by atoms with Gasteiger partial charge in [0.25, 0.3) is 0 Å². The Morgan fingerprint density at radius 2 is 1.61 bits per heavy atom. The van der Waals surface area contributed by atoms with Gasteiger partial charge in [-0.1, -0.05) is 73.6 Å². The Bertz CT molecular complexity index is 945. The summed E-state index contributed by atoms with van der Waals surface area (Å²) in [5, 5.41) is 11.0. The zero-order valence-corrected chi connectivity index (χ0v) is 18.6. The summed E-state index contributed by atoms with van der Waals surface area (Å²) >= 11 is 0. The molecule has 3 aromatic rings. The lowest BCUT2D eigenvalue weighted by Gasteiger charge is -2.15. The van der Waals surface area contributed by atoms with E-state index in [-0.39, 0.29) is 0 Å². The number of hydrogen-bond donors (Lipinski definition) is 2. The number of guanidine groups is 1. The van der Waals surface area contributed by atoms with E-state index in [0.717, 1.165) is 35.8 Å². The predicted octanol–water partition coefficient (Wildman–Crippen LogP) is 4.38. The van der Waals surface area contributed by atoms with E-state index >= 15 is 0 Å². The first-order valence-electron chi connectivity index (χ1n) is 10.8. The van der Waals surface area contributed by atoms with Crippen LogP contribution >= 0.6 is 0 Å². The summed E-state index contributed by atoms with van der Waals surface area (Å²) in [5.41, 5.74) is 5.66. The largest absolute Gasteiger partial charge is 0.372 e. The highest BCUT2D eigenvalue weighted by Gasteiger charge is 2.13. The molecule has 0 radical (unpaired) electrons. The second-order valence-electron chi connectivity index (χ2n) is 7.26. The van der Waals surface area contributed by atoms with Gasteiger partial charge in [0.15, 0.2) is 5.96 Å². The minimum Gasteiger partial charge on any atom is -0.372 e. The lowest BCUT2D eigenvalue weighted by atomic mass is 10.1. The van der Waals surface area contributed by atoms with E-state index in [9.17, 15) is 0 Å². The van der Waals surface area contributed by atoms with Gasteiger partial charge in [0.05, 0.1) is 18.9 Å². The van der Waals surface area contributed by atoms with Crippen LogP contribution in [0.3, 0.4) is 0 Å². The van der Waals surface area contributed by atoms with Crippen molar-refractivity contribution in [2.75, 3.05) is 7.05 Å². The van der Waals surface area contributed by atoms with Crippen molar-refractivity contribution >= 4 is 5.96 Å². The van der Waals surface area contributed by atoms with Crippen molar-refractivity contribution in [2.24, 2.45) is 4.99 Å². The molecular weight excluding hydrogens is 388 g/mol. The van der Waals surface area contributed by atoms with Crippen LogP contribution in [0.5, 0.6) is 0 Å². The average Bonchev–Trinajstić information content (AvgIpc) is 3.22. The third-order valence-electron chi connectivity index (χ3n) is 5.20. The second kappa shape index (κ2) is 11.9. The van der Waals surface area contributed by atoms with Gasteiger partial charge in [-0.15, -0.1) is 0 Å². The Kier molecular flexibility index (Phi) is 8.67. The van der Waals surface area contributed by atoms with Crippen LogP contribution < -0.4 is 10.6 Å². The van der Waals surface area contributed by atoms with Gasteiger partial charge >= 0.3 is 0 Å². The van der Waals surface area contributed by atoms with E-state index in [1.54, 1.807) is 7.05 Å². The summed E-state index contributed by atoms with van der Waals surface area (Å²) in [6, 6.07) is 18.5. The Balaban J connectivity index is 1.54. The molecule has 3 rings (SSSR count). The molecule has 0 aliphatic heterocycles. The number of aryl methyl sites for hydroxylation is 2. The normalized spacial score (nSPS) is 11.5. The van der Waals surface area contributed by atoms with Crippen molar-refractivity contribution in [1.29, 1.82) is 0 Å². The van der Waals surface area contributed by atoms with Crippen molar-refractivity contribution in [3.8, 4) is 0 Å². The molecule has 0 spiro atoms. The molecule has 2 N–H and O–H groups in total. The van der Waals surface area contributed by atoms with E-state index in [4.69, 9.17) is 9.26 Å². The van der Waals surface area contributed by atoms with E-state index in [0.29, 0.717) is 26.3 Å². The number of ether oxygens (including phenoxy) is 1. The second-order valence-corrected chi connectivity index (χ2v) is 7.26. The Labute approximate surface area is 184 Å². The van der Waals surface area contributed by atoms with Crippen LogP contribution in [0.25, 0.3) is 0 Å². The van der Waals surface area contributed by atoms with Crippen LogP contribution in [-0.4, -0.2) is 18.2 Å². The molecule has 0 aliphatic carbocycles. The van der Waals surface area contributed by atoms with E-state index < -0.39 is 0 Å². The maximum absolute atomic E-state index is 5.94. The summed E-state index contributed by atoms with van der Waals surface area (Å²) < 4.78 is 11.4. The molecule has 0 unspecified atom stereocenters. The Morgan fingerprint density at radius 1 is 0.903 bits per heavy atom. The minimum atomic E-state index is 0.569. The molecule has 6 nitrogen and oxygen atoms in total. The first-order valence-corrected chi connectivity index (χ1v) is 10.8. The van der Waals surface area contributed by atoms with Crippen molar-refractivity contribution in [3.63, 3.8) is 0 Å². The summed E-state index contributed by atoms with van der Waals surface area (Å²) in [6.07, 6.45) is 1.68. The zero-order chi connectivity index (χ0) is 21.9. The van der Waals surface area contributed by atoms with E-state index in [2.05, 4.69) is 58.9 Å². The van der Waals surface area contributed by atoms with Crippen molar-refractivity contribution in [2.45, 2.75) is 53.0 Å². The molecule has 6 heteroatoms. The molecule has 0 saturated heterocycles. The molecular formula is C25H32N4O2. The summed E-state index contributed by atoms with van der Waals surface area (Å²) in [4.78, 5) is 4.36. The Morgan fingerprint density at radius 3 is 2.32 bits per heavy atom. The van der Waals surface area contributed by atoms with Gasteiger partial charge in [0.1, 0.15) is 5.76 Å². The number of hydrogen-bond acceptors (Lipinski definition) is 4. The highest BCUT2D eigenvalue weighted by molar-refractivity contribution is 5.79. The third kappa shape index (κ3) is 6.43. The van der Waals surface area contributed by atoms with Gasteiger partial charge in [-0.2, -0.15) is 0 Å². The molecule has 0 aliphatic rings. The standard InChI is InChI=1S/C25H32N4O2/c1-4-23-22(24(5-2)31-29-23)16-28-25(26-3)27-15-20-13-9-10-14-21(20)18-30-17-19-11-7-6-8-12-19/h6-14H,4-5,15-18H2,1-3H3,(H2,26,27,28). The topological polar surface area (TPSA) is 71.7 Å². The van der Waals surface area contributed by atoms with E-state index in [1.807, 2.05) is 30.3 Å².